The molecular weight excluding hydrogens is 238 g/mol. The number of hydrogen-bond acceptors (Lipinski definition) is 2. The number of benzene rings is 1. The summed E-state index contributed by atoms with van der Waals surface area (Å²) in [7, 11) is 0. The van der Waals surface area contributed by atoms with Crippen LogP contribution in [0.4, 0.5) is 0 Å². The van der Waals surface area contributed by atoms with Crippen molar-refractivity contribution in [2.45, 2.75) is 32.7 Å². The van der Waals surface area contributed by atoms with E-state index in [2.05, 4.69) is 13.8 Å². The van der Waals surface area contributed by atoms with Crippen molar-refractivity contribution in [3.63, 3.8) is 0 Å². The molecule has 0 atom stereocenters. The molecule has 0 aliphatic carbocycles. The lowest BCUT2D eigenvalue weighted by molar-refractivity contribution is -0.128. The molecule has 0 saturated heterocycles. The minimum absolute atomic E-state index is 0.00141. The SMILES string of the molecule is CCC(CC)N(CCO)C(=O)/C=C/c1ccccc1. The molecule has 0 aliphatic heterocycles. The second-order valence-electron chi connectivity index (χ2n) is 4.47. The molecule has 0 heterocycles. The quantitative estimate of drug-likeness (QED) is 0.767. The molecule has 1 aromatic rings. The van der Waals surface area contributed by atoms with Crippen molar-refractivity contribution >= 4 is 12.0 Å². The van der Waals surface area contributed by atoms with Crippen molar-refractivity contribution in [1.29, 1.82) is 0 Å². The first-order valence-electron chi connectivity index (χ1n) is 6.87. The molecule has 1 amide bonds. The van der Waals surface area contributed by atoms with E-state index < -0.39 is 0 Å². The van der Waals surface area contributed by atoms with Gasteiger partial charge in [-0.15, -0.1) is 0 Å². The lowest BCUT2D eigenvalue weighted by atomic mass is 10.1. The summed E-state index contributed by atoms with van der Waals surface area (Å²) in [6.45, 7) is 4.52. The molecule has 0 unspecified atom stereocenters. The van der Waals surface area contributed by atoms with Crippen LogP contribution in [0.1, 0.15) is 32.3 Å². The third kappa shape index (κ3) is 4.87. The molecule has 3 nitrogen and oxygen atoms in total. The fraction of sp³-hybridized carbons (Fsp3) is 0.438. The summed E-state index contributed by atoms with van der Waals surface area (Å²) in [5, 5.41) is 9.09. The fourth-order valence-corrected chi connectivity index (χ4v) is 2.14. The van der Waals surface area contributed by atoms with Crippen molar-refractivity contribution < 1.29 is 9.90 Å². The summed E-state index contributed by atoms with van der Waals surface area (Å²) in [4.78, 5) is 13.9. The molecule has 0 fully saturated rings. The molecule has 3 heteroatoms. The predicted molar refractivity (Wildman–Crippen MR) is 78.6 cm³/mol. The Kier molecular flexibility index (Phi) is 6.90. The number of aliphatic hydroxyl groups is 1. The summed E-state index contributed by atoms with van der Waals surface area (Å²) >= 11 is 0. The number of nitrogens with zero attached hydrogens (tertiary/aromatic N) is 1. The molecule has 0 saturated carbocycles. The first kappa shape index (κ1) is 15.4. The summed E-state index contributed by atoms with van der Waals surface area (Å²) in [6.07, 6.45) is 5.21. The maximum absolute atomic E-state index is 12.2. The van der Waals surface area contributed by atoms with E-state index in [4.69, 9.17) is 5.11 Å². The topological polar surface area (TPSA) is 40.5 Å². The van der Waals surface area contributed by atoms with E-state index in [1.807, 2.05) is 36.4 Å². The highest BCUT2D eigenvalue weighted by Gasteiger charge is 2.18. The third-order valence-corrected chi connectivity index (χ3v) is 3.23. The molecular formula is C16H23NO2. The Morgan fingerprint density at radius 1 is 1.26 bits per heavy atom. The van der Waals surface area contributed by atoms with Crippen LogP contribution in [-0.4, -0.2) is 35.1 Å². The van der Waals surface area contributed by atoms with E-state index in [9.17, 15) is 4.79 Å². The Morgan fingerprint density at radius 3 is 2.42 bits per heavy atom. The second kappa shape index (κ2) is 8.48. The number of aliphatic hydroxyl groups excluding tert-OH is 1. The van der Waals surface area contributed by atoms with Crippen LogP contribution < -0.4 is 0 Å². The fourth-order valence-electron chi connectivity index (χ4n) is 2.14. The van der Waals surface area contributed by atoms with Gasteiger partial charge in [-0.3, -0.25) is 4.79 Å². The minimum Gasteiger partial charge on any atom is -0.395 e. The van der Waals surface area contributed by atoms with E-state index >= 15 is 0 Å². The van der Waals surface area contributed by atoms with Crippen molar-refractivity contribution in [1.82, 2.24) is 4.90 Å². The zero-order valence-electron chi connectivity index (χ0n) is 11.7. The number of amides is 1. The van der Waals surface area contributed by atoms with Crippen molar-refractivity contribution in [3.8, 4) is 0 Å². The number of carbonyl (C=O) groups excluding carboxylic acids is 1. The van der Waals surface area contributed by atoms with E-state index in [0.717, 1.165) is 18.4 Å². The van der Waals surface area contributed by atoms with Gasteiger partial charge in [0.2, 0.25) is 5.91 Å². The molecule has 1 aromatic carbocycles. The molecule has 0 radical (unpaired) electrons. The highest BCUT2D eigenvalue weighted by Crippen LogP contribution is 2.10. The molecule has 1 rings (SSSR count). The molecule has 0 aromatic heterocycles. The Hall–Kier alpha value is -1.61. The summed E-state index contributed by atoms with van der Waals surface area (Å²) < 4.78 is 0. The minimum atomic E-state index is -0.0356. The molecule has 1 N–H and O–H groups in total. The van der Waals surface area contributed by atoms with Gasteiger partial charge in [-0.05, 0) is 24.5 Å². The highest BCUT2D eigenvalue weighted by molar-refractivity contribution is 5.92. The molecule has 0 aliphatic rings. The van der Waals surface area contributed by atoms with Crippen LogP contribution >= 0.6 is 0 Å². The normalized spacial score (nSPS) is 11.2. The van der Waals surface area contributed by atoms with Gasteiger partial charge in [0.1, 0.15) is 0 Å². The van der Waals surface area contributed by atoms with E-state index in [1.54, 1.807) is 11.0 Å². The largest absolute Gasteiger partial charge is 0.395 e. The highest BCUT2D eigenvalue weighted by atomic mass is 16.3. The van der Waals surface area contributed by atoms with Crippen LogP contribution in [0, 0.1) is 0 Å². The second-order valence-corrected chi connectivity index (χ2v) is 4.47. The van der Waals surface area contributed by atoms with Crippen LogP contribution in [0.3, 0.4) is 0 Å². The summed E-state index contributed by atoms with van der Waals surface area (Å²) in [5.74, 6) is -0.0356. The Labute approximate surface area is 115 Å². The average Bonchev–Trinajstić information content (AvgIpc) is 2.46. The first-order valence-corrected chi connectivity index (χ1v) is 6.87. The van der Waals surface area contributed by atoms with Crippen LogP contribution in [0.25, 0.3) is 6.08 Å². The van der Waals surface area contributed by atoms with Gasteiger partial charge in [0, 0.05) is 18.7 Å². The standard InChI is InChI=1S/C16H23NO2/c1-3-15(4-2)17(12-13-18)16(19)11-10-14-8-6-5-7-9-14/h5-11,15,18H,3-4,12-13H2,1-2H3/b11-10+. The van der Waals surface area contributed by atoms with Gasteiger partial charge in [-0.2, -0.15) is 0 Å². The lowest BCUT2D eigenvalue weighted by Gasteiger charge is -2.29. The van der Waals surface area contributed by atoms with E-state index in [-0.39, 0.29) is 18.6 Å². The van der Waals surface area contributed by atoms with Crippen LogP contribution in [-0.2, 0) is 4.79 Å². The smallest absolute Gasteiger partial charge is 0.246 e. The average molecular weight is 261 g/mol. The number of hydrogen-bond donors (Lipinski definition) is 1. The Morgan fingerprint density at radius 2 is 1.89 bits per heavy atom. The molecule has 0 spiro atoms. The van der Waals surface area contributed by atoms with Gasteiger partial charge in [-0.1, -0.05) is 44.2 Å². The van der Waals surface area contributed by atoms with Crippen molar-refractivity contribution in [3.05, 3.63) is 42.0 Å². The summed E-state index contributed by atoms with van der Waals surface area (Å²) in [5.41, 5.74) is 1.00. The monoisotopic (exact) mass is 261 g/mol. The lowest BCUT2D eigenvalue weighted by Crippen LogP contribution is -2.40. The zero-order chi connectivity index (χ0) is 14.1. The maximum Gasteiger partial charge on any atom is 0.246 e. The van der Waals surface area contributed by atoms with Gasteiger partial charge in [0.15, 0.2) is 0 Å². The van der Waals surface area contributed by atoms with E-state index in [1.165, 1.54) is 0 Å². The number of rotatable bonds is 7. The Balaban J connectivity index is 2.74. The predicted octanol–water partition coefficient (Wildman–Crippen LogP) is 2.71. The van der Waals surface area contributed by atoms with Gasteiger partial charge >= 0.3 is 0 Å². The van der Waals surface area contributed by atoms with Crippen LogP contribution in [0.15, 0.2) is 36.4 Å². The van der Waals surface area contributed by atoms with Crippen molar-refractivity contribution in [2.75, 3.05) is 13.2 Å². The van der Waals surface area contributed by atoms with Crippen LogP contribution in [0.5, 0.6) is 0 Å². The van der Waals surface area contributed by atoms with Gasteiger partial charge in [0.05, 0.1) is 6.61 Å². The molecule has 104 valence electrons. The molecule has 19 heavy (non-hydrogen) atoms. The Bertz CT molecular complexity index is 396. The van der Waals surface area contributed by atoms with Gasteiger partial charge in [0.25, 0.3) is 0 Å². The van der Waals surface area contributed by atoms with Gasteiger partial charge < -0.3 is 10.0 Å². The molecule has 0 bridgehead atoms. The third-order valence-electron chi connectivity index (χ3n) is 3.23. The summed E-state index contributed by atoms with van der Waals surface area (Å²) in [6, 6.07) is 9.93. The first-order chi connectivity index (χ1) is 9.22. The maximum atomic E-state index is 12.2. The number of carbonyl (C=O) groups is 1. The van der Waals surface area contributed by atoms with Gasteiger partial charge in [-0.25, -0.2) is 0 Å². The van der Waals surface area contributed by atoms with Crippen LogP contribution in [0.2, 0.25) is 0 Å². The van der Waals surface area contributed by atoms with E-state index in [0.29, 0.717) is 6.54 Å². The van der Waals surface area contributed by atoms with Crippen molar-refractivity contribution in [2.24, 2.45) is 0 Å². The zero-order valence-corrected chi connectivity index (χ0v) is 11.7.